The number of rotatable bonds is 4. The Morgan fingerprint density at radius 3 is 2.40 bits per heavy atom. The summed E-state index contributed by atoms with van der Waals surface area (Å²) >= 11 is 0. The molecule has 0 unspecified atom stereocenters. The van der Waals surface area contributed by atoms with Gasteiger partial charge in [-0.3, -0.25) is 4.79 Å². The number of hydrogen-bond acceptors (Lipinski definition) is 6. The van der Waals surface area contributed by atoms with Crippen LogP contribution in [0.4, 0.5) is 4.79 Å². The largest absolute Gasteiger partial charge is 0.444 e. The van der Waals surface area contributed by atoms with Crippen molar-refractivity contribution in [1.29, 1.82) is 0 Å². The maximum Gasteiger partial charge on any atom is 0.410 e. The number of carbonyl (C=O) groups excluding carboxylic acids is 2. The number of ether oxygens (including phenoxy) is 1. The van der Waals surface area contributed by atoms with Gasteiger partial charge in [0.25, 0.3) is 5.91 Å². The third-order valence-electron chi connectivity index (χ3n) is 6.80. The number of aliphatic hydroxyl groups is 1. The zero-order chi connectivity index (χ0) is 25.5. The Hall–Kier alpha value is -2.59. The Morgan fingerprint density at radius 1 is 1.11 bits per heavy atom. The highest BCUT2D eigenvalue weighted by Gasteiger charge is 2.33. The van der Waals surface area contributed by atoms with Crippen molar-refractivity contribution in [3.63, 3.8) is 0 Å². The molecule has 0 spiro atoms. The highest BCUT2D eigenvalue weighted by atomic mass is 32.2. The molecule has 0 aliphatic carbocycles. The van der Waals surface area contributed by atoms with Gasteiger partial charge in [-0.25, -0.2) is 17.2 Å². The quantitative estimate of drug-likeness (QED) is 0.684. The van der Waals surface area contributed by atoms with Crippen LogP contribution in [0.2, 0.25) is 0 Å². The van der Waals surface area contributed by atoms with Crippen LogP contribution in [-0.2, 0) is 27.7 Å². The second-order valence-electron chi connectivity index (χ2n) is 10.4. The number of piperidine rings is 1. The lowest BCUT2D eigenvalue weighted by atomic mass is 9.97. The van der Waals surface area contributed by atoms with Crippen LogP contribution in [0, 0.1) is 5.92 Å². The van der Waals surface area contributed by atoms with Gasteiger partial charge in [-0.05, 0) is 64.7 Å². The normalized spacial score (nSPS) is 17.5. The highest BCUT2D eigenvalue weighted by Crippen LogP contribution is 2.34. The van der Waals surface area contributed by atoms with Gasteiger partial charge in [0.1, 0.15) is 5.60 Å². The van der Waals surface area contributed by atoms with E-state index in [9.17, 15) is 23.1 Å². The Bertz CT molecular complexity index is 1240. The molecule has 1 aromatic heterocycles. The highest BCUT2D eigenvalue weighted by molar-refractivity contribution is 7.90. The number of likely N-dealkylation sites (tertiary alicyclic amines) is 1. The van der Waals surface area contributed by atoms with Crippen molar-refractivity contribution in [2.24, 2.45) is 5.92 Å². The molecular formula is C25H35N3O6S. The molecule has 1 fully saturated rings. The fourth-order valence-electron chi connectivity index (χ4n) is 4.88. The molecule has 2 aromatic rings. The maximum absolute atomic E-state index is 13.2. The fraction of sp³-hybridized carbons (Fsp3) is 0.600. The van der Waals surface area contributed by atoms with Crippen molar-refractivity contribution < 1.29 is 27.9 Å². The van der Waals surface area contributed by atoms with Crippen LogP contribution in [0.3, 0.4) is 0 Å². The van der Waals surface area contributed by atoms with Gasteiger partial charge >= 0.3 is 6.09 Å². The third kappa shape index (κ3) is 5.04. The summed E-state index contributed by atoms with van der Waals surface area (Å²) in [5, 5.41) is 10.1. The van der Waals surface area contributed by atoms with E-state index in [1.54, 1.807) is 55.7 Å². The minimum absolute atomic E-state index is 0.0561. The second-order valence-corrected chi connectivity index (χ2v) is 12.5. The van der Waals surface area contributed by atoms with Crippen LogP contribution in [0.1, 0.15) is 62.2 Å². The maximum atomic E-state index is 13.2. The van der Waals surface area contributed by atoms with E-state index in [4.69, 9.17) is 4.74 Å². The average molecular weight is 506 g/mol. The van der Waals surface area contributed by atoms with Crippen molar-refractivity contribution in [1.82, 2.24) is 13.8 Å². The van der Waals surface area contributed by atoms with E-state index in [0.717, 1.165) is 18.4 Å². The summed E-state index contributed by atoms with van der Waals surface area (Å²) in [7, 11) is -3.59. The molecule has 10 heteroatoms. The third-order valence-corrected chi connectivity index (χ3v) is 8.51. The van der Waals surface area contributed by atoms with Crippen molar-refractivity contribution in [3.8, 4) is 0 Å². The Kier molecular flexibility index (Phi) is 6.89. The van der Waals surface area contributed by atoms with Crippen LogP contribution in [-0.4, -0.2) is 76.9 Å². The van der Waals surface area contributed by atoms with Gasteiger partial charge in [0.05, 0.1) is 17.8 Å². The summed E-state index contributed by atoms with van der Waals surface area (Å²) in [4.78, 5) is 29.4. The Morgan fingerprint density at radius 2 is 1.80 bits per heavy atom. The van der Waals surface area contributed by atoms with Crippen LogP contribution in [0.15, 0.2) is 18.2 Å². The number of aliphatic hydroxyl groups excluding tert-OH is 1. The van der Waals surface area contributed by atoms with Gasteiger partial charge in [-0.2, -0.15) is 0 Å². The first kappa shape index (κ1) is 25.5. The number of nitrogens with zero attached hydrogens (tertiary/aromatic N) is 3. The standard InChI is InChI=1S/C25H35N3O6S/c1-5-35(32,33)28-21-7-6-18(23(30)26-11-8-17(16-29)9-12-26)14-19(21)20-15-27(13-10-22(20)28)24(31)34-25(2,3)4/h6-7,14,17,29H,5,8-13,15-16H2,1-4H3. The molecule has 2 amide bonds. The number of carbonyl (C=O) groups is 2. The zero-order valence-electron chi connectivity index (χ0n) is 20.9. The molecule has 1 N–H and O–H groups in total. The van der Waals surface area contributed by atoms with Gasteiger partial charge in [0, 0.05) is 54.9 Å². The molecular weight excluding hydrogens is 470 g/mol. The van der Waals surface area contributed by atoms with E-state index < -0.39 is 21.7 Å². The lowest BCUT2D eigenvalue weighted by Gasteiger charge is -2.31. The van der Waals surface area contributed by atoms with Crippen LogP contribution in [0.25, 0.3) is 10.9 Å². The number of aromatic nitrogens is 1. The molecule has 1 aromatic carbocycles. The second kappa shape index (κ2) is 9.46. The molecule has 0 radical (unpaired) electrons. The minimum atomic E-state index is -3.59. The predicted octanol–water partition coefficient (Wildman–Crippen LogP) is 2.98. The number of benzene rings is 1. The molecule has 1 saturated heterocycles. The van der Waals surface area contributed by atoms with Crippen molar-refractivity contribution >= 4 is 32.9 Å². The molecule has 35 heavy (non-hydrogen) atoms. The lowest BCUT2D eigenvalue weighted by molar-refractivity contribution is 0.0224. The van der Waals surface area contributed by atoms with Gasteiger partial charge in [0.15, 0.2) is 0 Å². The van der Waals surface area contributed by atoms with Crippen LogP contribution in [0.5, 0.6) is 0 Å². The Labute approximate surface area is 206 Å². The van der Waals surface area contributed by atoms with Gasteiger partial charge in [-0.15, -0.1) is 0 Å². The van der Waals surface area contributed by atoms with Crippen molar-refractivity contribution in [3.05, 3.63) is 35.0 Å². The molecule has 2 aliphatic heterocycles. The van der Waals surface area contributed by atoms with Crippen molar-refractivity contribution in [2.75, 3.05) is 32.0 Å². The van der Waals surface area contributed by atoms with E-state index in [2.05, 4.69) is 0 Å². The lowest BCUT2D eigenvalue weighted by Crippen LogP contribution is -2.40. The van der Waals surface area contributed by atoms with Crippen LogP contribution >= 0.6 is 0 Å². The minimum Gasteiger partial charge on any atom is -0.444 e. The van der Waals surface area contributed by atoms with Gasteiger partial charge < -0.3 is 19.6 Å². The average Bonchev–Trinajstić information content (AvgIpc) is 3.16. The molecule has 9 nitrogen and oxygen atoms in total. The number of hydrogen-bond donors (Lipinski definition) is 1. The topological polar surface area (TPSA) is 109 Å². The van der Waals surface area contributed by atoms with E-state index in [0.29, 0.717) is 48.2 Å². The smallest absolute Gasteiger partial charge is 0.410 e. The predicted molar refractivity (Wildman–Crippen MR) is 133 cm³/mol. The Balaban J connectivity index is 1.73. The first-order chi connectivity index (χ1) is 16.4. The summed E-state index contributed by atoms with van der Waals surface area (Å²) < 4.78 is 33.0. The molecule has 0 bridgehead atoms. The molecule has 2 aliphatic rings. The summed E-state index contributed by atoms with van der Waals surface area (Å²) in [6, 6.07) is 5.14. The van der Waals surface area contributed by atoms with E-state index in [1.165, 1.54) is 3.97 Å². The summed E-state index contributed by atoms with van der Waals surface area (Å²) in [6.07, 6.45) is 1.45. The van der Waals surface area contributed by atoms with Crippen LogP contribution < -0.4 is 0 Å². The van der Waals surface area contributed by atoms with Crippen molar-refractivity contribution in [2.45, 2.75) is 59.1 Å². The molecule has 0 atom stereocenters. The molecule has 3 heterocycles. The molecule has 0 saturated carbocycles. The van der Waals surface area contributed by atoms with Gasteiger partial charge in [0.2, 0.25) is 10.0 Å². The molecule has 192 valence electrons. The van der Waals surface area contributed by atoms with Gasteiger partial charge in [-0.1, -0.05) is 0 Å². The molecule has 4 rings (SSSR count). The van der Waals surface area contributed by atoms with E-state index in [1.807, 2.05) is 0 Å². The summed E-state index contributed by atoms with van der Waals surface area (Å²) in [6.45, 7) is 8.89. The fourth-order valence-corrected chi connectivity index (χ4v) is 6.14. The number of amides is 2. The van der Waals surface area contributed by atoms with E-state index in [-0.39, 0.29) is 30.7 Å². The summed E-state index contributed by atoms with van der Waals surface area (Å²) in [5.41, 5.74) is 1.78. The monoisotopic (exact) mass is 505 g/mol. The first-order valence-corrected chi connectivity index (χ1v) is 13.8. The first-order valence-electron chi connectivity index (χ1n) is 12.2. The summed E-state index contributed by atoms with van der Waals surface area (Å²) in [5.74, 6) is 0.0584. The zero-order valence-corrected chi connectivity index (χ0v) is 21.7. The number of fused-ring (bicyclic) bond motifs is 3. The SMILES string of the molecule is CCS(=O)(=O)n1c2c(c3cc(C(=O)N4CCC(CO)CC4)ccc31)CN(C(=O)OC(C)(C)C)CC2. The van der Waals surface area contributed by atoms with E-state index >= 15 is 0 Å².